The fourth-order valence-corrected chi connectivity index (χ4v) is 4.10. The minimum absolute atomic E-state index is 0.214. The third kappa shape index (κ3) is 4.38. The number of benzene rings is 3. The number of carbonyl (C=O) groups is 1. The standard InChI is InChI=1S/C28H25N5O/c1-20-10-9-11-22(16-20)18-32-19-24(17-29-32)30-28(34)26-21(2)33(25-14-7-4-8-15-25)31-27(26)23-12-5-3-6-13-23/h3-17,19H,18H2,1-2H3,(H,30,34). The zero-order chi connectivity index (χ0) is 23.5. The lowest BCUT2D eigenvalue weighted by molar-refractivity contribution is 0.102. The Morgan fingerprint density at radius 3 is 2.38 bits per heavy atom. The summed E-state index contributed by atoms with van der Waals surface area (Å²) in [5.74, 6) is -0.214. The highest BCUT2D eigenvalue weighted by Crippen LogP contribution is 2.28. The largest absolute Gasteiger partial charge is 0.319 e. The maximum absolute atomic E-state index is 13.5. The van der Waals surface area contributed by atoms with Crippen molar-refractivity contribution in [2.24, 2.45) is 0 Å². The highest BCUT2D eigenvalue weighted by atomic mass is 16.1. The average Bonchev–Trinajstić information content (AvgIpc) is 3.43. The lowest BCUT2D eigenvalue weighted by Gasteiger charge is -2.06. The Morgan fingerprint density at radius 2 is 1.65 bits per heavy atom. The monoisotopic (exact) mass is 447 g/mol. The number of rotatable bonds is 6. The topological polar surface area (TPSA) is 64.7 Å². The number of nitrogens with zero attached hydrogens (tertiary/aromatic N) is 4. The first-order valence-electron chi connectivity index (χ1n) is 11.2. The van der Waals surface area contributed by atoms with Crippen LogP contribution in [0.3, 0.4) is 0 Å². The number of amides is 1. The van der Waals surface area contributed by atoms with E-state index in [9.17, 15) is 4.79 Å². The molecule has 0 atom stereocenters. The van der Waals surface area contributed by atoms with Crippen molar-refractivity contribution in [3.63, 3.8) is 0 Å². The van der Waals surface area contributed by atoms with Crippen LogP contribution in [0.15, 0.2) is 97.3 Å². The van der Waals surface area contributed by atoms with E-state index in [-0.39, 0.29) is 5.91 Å². The van der Waals surface area contributed by atoms with Crippen LogP contribution in [-0.2, 0) is 6.54 Å². The van der Waals surface area contributed by atoms with E-state index >= 15 is 0 Å². The Kier molecular flexibility index (Phi) is 5.79. The molecule has 5 rings (SSSR count). The molecule has 0 spiro atoms. The first kappa shape index (κ1) is 21.4. The van der Waals surface area contributed by atoms with E-state index in [1.54, 1.807) is 6.20 Å². The third-order valence-electron chi connectivity index (χ3n) is 5.71. The molecule has 6 nitrogen and oxygen atoms in total. The fourth-order valence-electron chi connectivity index (χ4n) is 4.10. The van der Waals surface area contributed by atoms with E-state index in [1.165, 1.54) is 5.56 Å². The van der Waals surface area contributed by atoms with E-state index in [2.05, 4.69) is 35.5 Å². The molecule has 0 aliphatic heterocycles. The fraction of sp³-hybridized carbons (Fsp3) is 0.107. The number of aryl methyl sites for hydroxylation is 1. The quantitative estimate of drug-likeness (QED) is 0.366. The molecule has 1 amide bonds. The Bertz CT molecular complexity index is 1430. The molecular weight excluding hydrogens is 422 g/mol. The summed E-state index contributed by atoms with van der Waals surface area (Å²) in [4.78, 5) is 13.5. The van der Waals surface area contributed by atoms with Gasteiger partial charge in [-0.1, -0.05) is 78.4 Å². The lowest BCUT2D eigenvalue weighted by Crippen LogP contribution is -2.13. The predicted molar refractivity (Wildman–Crippen MR) is 134 cm³/mol. The first-order valence-corrected chi connectivity index (χ1v) is 11.2. The van der Waals surface area contributed by atoms with Crippen molar-refractivity contribution >= 4 is 11.6 Å². The van der Waals surface area contributed by atoms with Gasteiger partial charge in [0.25, 0.3) is 5.91 Å². The maximum Gasteiger partial charge on any atom is 0.259 e. The van der Waals surface area contributed by atoms with Crippen LogP contribution in [0.1, 0.15) is 27.2 Å². The summed E-state index contributed by atoms with van der Waals surface area (Å²) in [5, 5.41) is 12.3. The van der Waals surface area contributed by atoms with Gasteiger partial charge in [0.05, 0.1) is 35.4 Å². The van der Waals surface area contributed by atoms with Gasteiger partial charge in [0.15, 0.2) is 0 Å². The first-order chi connectivity index (χ1) is 16.6. The Balaban J connectivity index is 1.46. The summed E-state index contributed by atoms with van der Waals surface area (Å²) in [5.41, 5.74) is 6.76. The molecule has 0 unspecified atom stereocenters. The number of aromatic nitrogens is 4. The van der Waals surface area contributed by atoms with Gasteiger partial charge in [-0.25, -0.2) is 4.68 Å². The second kappa shape index (κ2) is 9.19. The van der Waals surface area contributed by atoms with Gasteiger partial charge in [-0.15, -0.1) is 0 Å². The van der Waals surface area contributed by atoms with Crippen LogP contribution in [0.25, 0.3) is 16.9 Å². The molecule has 0 aliphatic rings. The van der Waals surface area contributed by atoms with Crippen molar-refractivity contribution in [1.82, 2.24) is 19.6 Å². The molecule has 0 saturated carbocycles. The smallest absolute Gasteiger partial charge is 0.259 e. The van der Waals surface area contributed by atoms with Gasteiger partial charge >= 0.3 is 0 Å². The molecule has 0 bridgehead atoms. The van der Waals surface area contributed by atoms with Gasteiger partial charge < -0.3 is 5.32 Å². The van der Waals surface area contributed by atoms with Gasteiger partial charge in [-0.05, 0) is 31.5 Å². The van der Waals surface area contributed by atoms with E-state index in [0.717, 1.165) is 22.5 Å². The van der Waals surface area contributed by atoms with Crippen LogP contribution in [0, 0.1) is 13.8 Å². The molecule has 2 aromatic heterocycles. The average molecular weight is 448 g/mol. The van der Waals surface area contributed by atoms with Crippen molar-refractivity contribution in [2.75, 3.05) is 5.32 Å². The van der Waals surface area contributed by atoms with Gasteiger partial charge in [-0.2, -0.15) is 10.2 Å². The normalized spacial score (nSPS) is 10.9. The highest BCUT2D eigenvalue weighted by molar-refractivity contribution is 6.09. The molecular formula is C28H25N5O. The number of hydrogen-bond acceptors (Lipinski definition) is 3. The zero-order valence-electron chi connectivity index (χ0n) is 19.1. The second-order valence-corrected chi connectivity index (χ2v) is 8.29. The van der Waals surface area contributed by atoms with Crippen LogP contribution in [0.5, 0.6) is 0 Å². The maximum atomic E-state index is 13.5. The summed E-state index contributed by atoms with van der Waals surface area (Å²) < 4.78 is 3.64. The summed E-state index contributed by atoms with van der Waals surface area (Å²) >= 11 is 0. The molecule has 0 radical (unpaired) electrons. The van der Waals surface area contributed by atoms with E-state index in [1.807, 2.05) is 89.2 Å². The molecule has 0 fully saturated rings. The number of anilines is 1. The third-order valence-corrected chi connectivity index (χ3v) is 5.71. The molecule has 1 N–H and O–H groups in total. The Labute approximate surface area is 198 Å². The molecule has 3 aromatic carbocycles. The van der Waals surface area contributed by atoms with Crippen LogP contribution in [-0.4, -0.2) is 25.5 Å². The Hall–Kier alpha value is -4.45. The Morgan fingerprint density at radius 1 is 0.912 bits per heavy atom. The molecule has 168 valence electrons. The molecule has 2 heterocycles. The molecule has 5 aromatic rings. The predicted octanol–water partition coefficient (Wildman–Crippen LogP) is 5.65. The van der Waals surface area contributed by atoms with E-state index in [0.29, 0.717) is 23.5 Å². The van der Waals surface area contributed by atoms with Crippen molar-refractivity contribution in [3.8, 4) is 16.9 Å². The van der Waals surface area contributed by atoms with E-state index < -0.39 is 0 Å². The summed E-state index contributed by atoms with van der Waals surface area (Å²) in [6.07, 6.45) is 3.52. The summed E-state index contributed by atoms with van der Waals surface area (Å²) in [6, 6.07) is 27.9. The summed E-state index contributed by atoms with van der Waals surface area (Å²) in [7, 11) is 0. The minimum atomic E-state index is -0.214. The number of carbonyl (C=O) groups excluding carboxylic acids is 1. The number of para-hydroxylation sites is 1. The van der Waals surface area contributed by atoms with Crippen molar-refractivity contribution < 1.29 is 4.79 Å². The molecule has 0 aliphatic carbocycles. The van der Waals surface area contributed by atoms with Gasteiger partial charge in [0, 0.05) is 11.8 Å². The number of nitrogens with one attached hydrogen (secondary N) is 1. The lowest BCUT2D eigenvalue weighted by atomic mass is 10.1. The van der Waals surface area contributed by atoms with Crippen LogP contribution in [0.4, 0.5) is 5.69 Å². The van der Waals surface area contributed by atoms with Gasteiger partial charge in [0.1, 0.15) is 5.69 Å². The van der Waals surface area contributed by atoms with Gasteiger partial charge in [-0.3, -0.25) is 9.48 Å². The molecule has 34 heavy (non-hydrogen) atoms. The van der Waals surface area contributed by atoms with Crippen molar-refractivity contribution in [1.29, 1.82) is 0 Å². The highest BCUT2D eigenvalue weighted by Gasteiger charge is 2.23. The SMILES string of the molecule is Cc1cccc(Cn2cc(NC(=O)c3c(-c4ccccc4)nn(-c4ccccc4)c3C)cn2)c1. The minimum Gasteiger partial charge on any atom is -0.319 e. The van der Waals surface area contributed by atoms with Crippen molar-refractivity contribution in [2.45, 2.75) is 20.4 Å². The zero-order valence-corrected chi connectivity index (χ0v) is 19.1. The van der Waals surface area contributed by atoms with E-state index in [4.69, 9.17) is 5.10 Å². The van der Waals surface area contributed by atoms with Crippen molar-refractivity contribution in [3.05, 3.63) is 120 Å². The van der Waals surface area contributed by atoms with Gasteiger partial charge in [0.2, 0.25) is 0 Å². The van der Waals surface area contributed by atoms with Crippen LogP contribution in [0.2, 0.25) is 0 Å². The van der Waals surface area contributed by atoms with Crippen LogP contribution < -0.4 is 5.32 Å². The van der Waals surface area contributed by atoms with Crippen LogP contribution >= 0.6 is 0 Å². The second-order valence-electron chi connectivity index (χ2n) is 8.29. The molecule has 6 heteroatoms. The summed E-state index contributed by atoms with van der Waals surface area (Å²) in [6.45, 7) is 4.63. The number of hydrogen-bond donors (Lipinski definition) is 1. The molecule has 0 saturated heterocycles.